The van der Waals surface area contributed by atoms with Crippen molar-refractivity contribution < 1.29 is 19.4 Å². The van der Waals surface area contributed by atoms with Crippen molar-refractivity contribution >= 4 is 5.97 Å². The minimum absolute atomic E-state index is 0.0793. The van der Waals surface area contributed by atoms with E-state index < -0.39 is 35.7 Å². The van der Waals surface area contributed by atoms with Crippen molar-refractivity contribution in [3.8, 4) is 0 Å². The van der Waals surface area contributed by atoms with Crippen LogP contribution in [0.5, 0.6) is 0 Å². The van der Waals surface area contributed by atoms with Gasteiger partial charge in [-0.25, -0.2) is 4.79 Å². The summed E-state index contributed by atoms with van der Waals surface area (Å²) in [6.45, 7) is 2.75. The molecule has 1 fully saturated rings. The normalized spacial score (nSPS) is 25.6. The Morgan fingerprint density at radius 2 is 2.30 bits per heavy atom. The van der Waals surface area contributed by atoms with Crippen molar-refractivity contribution in [1.29, 1.82) is 0 Å². The molecule has 0 aliphatic carbocycles. The average Bonchev–Trinajstić information content (AvgIpc) is 2.72. The van der Waals surface area contributed by atoms with Crippen molar-refractivity contribution in [2.75, 3.05) is 6.61 Å². The van der Waals surface area contributed by atoms with Gasteiger partial charge in [0.2, 0.25) is 0 Å². The zero-order chi connectivity index (χ0) is 14.9. The molecule has 1 aromatic heterocycles. The molecule has 1 aliphatic rings. The van der Waals surface area contributed by atoms with Crippen LogP contribution in [0.3, 0.4) is 0 Å². The summed E-state index contributed by atoms with van der Waals surface area (Å²) in [5.74, 6) is -0.471. The van der Waals surface area contributed by atoms with Gasteiger partial charge in [-0.2, -0.15) is 0 Å². The van der Waals surface area contributed by atoms with Gasteiger partial charge >= 0.3 is 11.7 Å². The number of aromatic amines is 1. The lowest BCUT2D eigenvalue weighted by Crippen LogP contribution is -2.33. The zero-order valence-electron chi connectivity index (χ0n) is 11.2. The molecule has 2 rings (SSSR count). The second-order valence-corrected chi connectivity index (χ2v) is 4.71. The third kappa shape index (κ3) is 2.97. The molecule has 1 aliphatic heterocycles. The quantitative estimate of drug-likeness (QED) is 0.693. The lowest BCUT2D eigenvalue weighted by Gasteiger charge is -2.16. The van der Waals surface area contributed by atoms with E-state index in [1.54, 1.807) is 6.92 Å². The minimum Gasteiger partial charge on any atom is -0.463 e. The average molecular weight is 284 g/mol. The zero-order valence-corrected chi connectivity index (χ0v) is 11.2. The number of aromatic nitrogens is 2. The molecule has 2 heterocycles. The number of H-pyrrole nitrogens is 1. The summed E-state index contributed by atoms with van der Waals surface area (Å²) in [4.78, 5) is 35.9. The molecular formula is C12H16N2O6. The second-order valence-electron chi connectivity index (χ2n) is 4.71. The number of nitrogens with zero attached hydrogens (tertiary/aromatic N) is 1. The van der Waals surface area contributed by atoms with Crippen LogP contribution in [-0.4, -0.2) is 39.4 Å². The summed E-state index contributed by atoms with van der Waals surface area (Å²) in [5, 5.41) is 9.84. The first-order valence-corrected chi connectivity index (χ1v) is 6.17. The third-order valence-electron chi connectivity index (χ3n) is 3.11. The van der Waals surface area contributed by atoms with Gasteiger partial charge in [0, 0.05) is 25.1 Å². The number of hydrogen-bond donors (Lipinski definition) is 2. The van der Waals surface area contributed by atoms with Gasteiger partial charge < -0.3 is 14.6 Å². The summed E-state index contributed by atoms with van der Waals surface area (Å²) >= 11 is 0. The molecule has 0 bridgehead atoms. The number of aryl methyl sites for hydroxylation is 1. The molecule has 110 valence electrons. The van der Waals surface area contributed by atoms with Crippen molar-refractivity contribution in [1.82, 2.24) is 9.55 Å². The van der Waals surface area contributed by atoms with Gasteiger partial charge in [0.1, 0.15) is 18.9 Å². The van der Waals surface area contributed by atoms with Crippen LogP contribution in [0.15, 0.2) is 15.8 Å². The lowest BCUT2D eigenvalue weighted by atomic mass is 10.2. The number of esters is 1. The first-order valence-electron chi connectivity index (χ1n) is 6.17. The van der Waals surface area contributed by atoms with Crippen molar-refractivity contribution in [3.63, 3.8) is 0 Å². The van der Waals surface area contributed by atoms with Gasteiger partial charge in [-0.15, -0.1) is 0 Å². The Labute approximate surface area is 114 Å². The van der Waals surface area contributed by atoms with Gasteiger partial charge in [0.15, 0.2) is 0 Å². The number of rotatable bonds is 3. The third-order valence-corrected chi connectivity index (χ3v) is 3.11. The molecule has 1 aromatic rings. The molecule has 0 radical (unpaired) electrons. The number of carbonyl (C=O) groups is 1. The molecule has 0 amide bonds. The smallest absolute Gasteiger partial charge is 0.330 e. The summed E-state index contributed by atoms with van der Waals surface area (Å²) in [6.07, 6.45) is -0.681. The van der Waals surface area contributed by atoms with Crippen LogP contribution in [0.25, 0.3) is 0 Å². The highest BCUT2D eigenvalue weighted by molar-refractivity contribution is 5.65. The molecule has 0 aromatic carbocycles. The highest BCUT2D eigenvalue weighted by atomic mass is 16.6. The fraction of sp³-hybridized carbons (Fsp3) is 0.583. The van der Waals surface area contributed by atoms with E-state index in [4.69, 9.17) is 9.47 Å². The predicted octanol–water partition coefficient (Wildman–Crippen LogP) is -0.943. The monoisotopic (exact) mass is 284 g/mol. The number of nitrogens with one attached hydrogen (secondary N) is 1. The Bertz CT molecular complexity index is 619. The Morgan fingerprint density at radius 1 is 1.60 bits per heavy atom. The van der Waals surface area contributed by atoms with Crippen LogP contribution in [0, 0.1) is 6.92 Å². The first-order chi connectivity index (χ1) is 9.38. The molecule has 1 saturated heterocycles. The van der Waals surface area contributed by atoms with Gasteiger partial charge in [-0.3, -0.25) is 19.1 Å². The van der Waals surface area contributed by atoms with E-state index in [1.807, 2.05) is 0 Å². The minimum atomic E-state index is -0.849. The summed E-state index contributed by atoms with van der Waals surface area (Å²) in [7, 11) is 0. The van der Waals surface area contributed by atoms with Crippen molar-refractivity contribution in [2.24, 2.45) is 0 Å². The maximum absolute atomic E-state index is 11.7. The number of aliphatic hydroxyl groups excluding tert-OH is 1. The standard InChI is InChI=1S/C12H16N2O6/c1-6-4-14(12(18)13-11(6)17)10-3-8(16)9(20-10)5-19-7(2)15/h4,8-10,16H,3,5H2,1-2H3,(H,13,17,18)/t8-,9+,10+/m1/s1. The van der Waals surface area contributed by atoms with Gasteiger partial charge in [-0.05, 0) is 6.92 Å². The van der Waals surface area contributed by atoms with Crippen LogP contribution in [0.4, 0.5) is 0 Å². The number of hydrogen-bond acceptors (Lipinski definition) is 6. The summed E-state index contributed by atoms with van der Waals surface area (Å²) in [5.41, 5.74) is -0.696. The molecule has 2 N–H and O–H groups in total. The Balaban J connectivity index is 2.16. The molecule has 8 nitrogen and oxygen atoms in total. The Morgan fingerprint density at radius 3 is 2.95 bits per heavy atom. The van der Waals surface area contributed by atoms with Gasteiger partial charge in [-0.1, -0.05) is 0 Å². The largest absolute Gasteiger partial charge is 0.463 e. The van der Waals surface area contributed by atoms with Crippen LogP contribution in [0.2, 0.25) is 0 Å². The maximum Gasteiger partial charge on any atom is 0.330 e. The highest BCUT2D eigenvalue weighted by Crippen LogP contribution is 2.27. The van der Waals surface area contributed by atoms with Crippen LogP contribution in [-0.2, 0) is 14.3 Å². The highest BCUT2D eigenvalue weighted by Gasteiger charge is 2.36. The fourth-order valence-electron chi connectivity index (χ4n) is 2.04. The van der Waals surface area contributed by atoms with E-state index in [2.05, 4.69) is 4.98 Å². The van der Waals surface area contributed by atoms with Gasteiger partial charge in [0.25, 0.3) is 5.56 Å². The van der Waals surface area contributed by atoms with Gasteiger partial charge in [0.05, 0.1) is 6.10 Å². The topological polar surface area (TPSA) is 111 Å². The number of carbonyl (C=O) groups excluding carboxylic acids is 1. The van der Waals surface area contributed by atoms with E-state index in [9.17, 15) is 19.5 Å². The van der Waals surface area contributed by atoms with Crippen LogP contribution < -0.4 is 11.2 Å². The lowest BCUT2D eigenvalue weighted by molar-refractivity contribution is -0.147. The van der Waals surface area contributed by atoms with Crippen molar-refractivity contribution in [3.05, 3.63) is 32.6 Å². The fourth-order valence-corrected chi connectivity index (χ4v) is 2.04. The Hall–Kier alpha value is -1.93. The van der Waals surface area contributed by atoms with E-state index in [0.29, 0.717) is 5.56 Å². The molecule has 0 spiro atoms. The maximum atomic E-state index is 11.7. The van der Waals surface area contributed by atoms with E-state index in [-0.39, 0.29) is 13.0 Å². The van der Waals surface area contributed by atoms with Crippen molar-refractivity contribution in [2.45, 2.75) is 38.7 Å². The second kappa shape index (κ2) is 5.59. The van der Waals surface area contributed by atoms with Crippen LogP contribution >= 0.6 is 0 Å². The first kappa shape index (κ1) is 14.5. The van der Waals surface area contributed by atoms with E-state index in [1.165, 1.54) is 17.7 Å². The predicted molar refractivity (Wildman–Crippen MR) is 67.2 cm³/mol. The van der Waals surface area contributed by atoms with E-state index in [0.717, 1.165) is 0 Å². The Kier molecular flexibility index (Phi) is 4.05. The molecule has 0 saturated carbocycles. The SMILES string of the molecule is CC(=O)OC[C@@H]1O[C@H](n2cc(C)c(=O)[nH]c2=O)C[C@H]1O. The number of aliphatic hydroxyl groups is 1. The van der Waals surface area contributed by atoms with E-state index >= 15 is 0 Å². The summed E-state index contributed by atoms with van der Waals surface area (Å²) in [6, 6.07) is 0. The van der Waals surface area contributed by atoms with Crippen LogP contribution in [0.1, 0.15) is 25.1 Å². The number of ether oxygens (including phenoxy) is 2. The molecule has 3 atom stereocenters. The molecule has 20 heavy (non-hydrogen) atoms. The molecule has 0 unspecified atom stereocenters. The molecular weight excluding hydrogens is 268 g/mol. The molecule has 8 heteroatoms. The summed E-state index contributed by atoms with van der Waals surface area (Å²) < 4.78 is 11.5.